The molecule has 0 aromatic carbocycles. The molecular formula is C18H23N5OS. The zero-order valence-corrected chi connectivity index (χ0v) is 15.3. The van der Waals surface area contributed by atoms with Crippen molar-refractivity contribution < 1.29 is 0 Å². The van der Waals surface area contributed by atoms with Gasteiger partial charge in [-0.25, -0.2) is 9.47 Å². The largest absolute Gasteiger partial charge is 0.367 e. The van der Waals surface area contributed by atoms with E-state index in [1.54, 1.807) is 18.0 Å². The van der Waals surface area contributed by atoms with Gasteiger partial charge in [-0.05, 0) is 38.4 Å². The summed E-state index contributed by atoms with van der Waals surface area (Å²) in [6, 6.07) is 5.92. The maximum absolute atomic E-state index is 12.8. The van der Waals surface area contributed by atoms with E-state index in [-0.39, 0.29) is 5.69 Å². The molecule has 2 aromatic heterocycles. The fourth-order valence-electron chi connectivity index (χ4n) is 3.54. The third kappa shape index (κ3) is 3.43. The van der Waals surface area contributed by atoms with Gasteiger partial charge in [-0.2, -0.15) is 4.98 Å². The van der Waals surface area contributed by atoms with Gasteiger partial charge >= 0.3 is 5.69 Å². The summed E-state index contributed by atoms with van der Waals surface area (Å²) in [4.78, 5) is 23.9. The van der Waals surface area contributed by atoms with Crippen LogP contribution in [0.1, 0.15) is 23.4 Å². The number of fused-ring (bicyclic) bond motifs is 1. The van der Waals surface area contributed by atoms with Crippen LogP contribution >= 0.6 is 11.8 Å². The third-order valence-electron chi connectivity index (χ3n) is 4.93. The van der Waals surface area contributed by atoms with Gasteiger partial charge in [0.05, 0.1) is 11.4 Å². The quantitative estimate of drug-likeness (QED) is 0.607. The minimum absolute atomic E-state index is 0.131. The van der Waals surface area contributed by atoms with E-state index >= 15 is 0 Å². The molecule has 2 aromatic rings. The molecule has 2 aliphatic rings. The highest BCUT2D eigenvalue weighted by Gasteiger charge is 2.26. The van der Waals surface area contributed by atoms with Gasteiger partial charge in [-0.1, -0.05) is 17.8 Å². The molecule has 0 unspecified atom stereocenters. The predicted molar refractivity (Wildman–Crippen MR) is 99.8 cm³/mol. The Kier molecular flexibility index (Phi) is 4.76. The van der Waals surface area contributed by atoms with Crippen molar-refractivity contribution in [2.45, 2.75) is 30.0 Å². The first-order chi connectivity index (χ1) is 12.2. The lowest BCUT2D eigenvalue weighted by molar-refractivity contribution is 0.282. The number of rotatable bonds is 4. The molecule has 0 radical (unpaired) electrons. The minimum atomic E-state index is -0.131. The van der Waals surface area contributed by atoms with E-state index in [1.165, 1.54) is 11.3 Å². The first-order valence-corrected chi connectivity index (χ1v) is 9.82. The Morgan fingerprint density at radius 2 is 2.00 bits per heavy atom. The first kappa shape index (κ1) is 16.6. The van der Waals surface area contributed by atoms with Gasteiger partial charge in [0.15, 0.2) is 0 Å². The molecule has 1 saturated heterocycles. The standard InChI is InChI=1S/C18H23N5OS/c1-21-9-11-22(12-10-21)23-16-7-4-6-15(16)17(20-18(23)24)25-13-14-5-2-3-8-19-14/h2-3,5,8H,4,6-7,9-13H2,1H3. The molecule has 0 bridgehead atoms. The fraction of sp³-hybridized carbons (Fsp3) is 0.500. The van der Waals surface area contributed by atoms with Crippen molar-refractivity contribution in [2.75, 3.05) is 38.2 Å². The van der Waals surface area contributed by atoms with Crippen LogP contribution in [0.25, 0.3) is 0 Å². The Balaban J connectivity index is 1.61. The second-order valence-electron chi connectivity index (χ2n) is 6.66. The molecular weight excluding hydrogens is 334 g/mol. The Morgan fingerprint density at radius 1 is 1.16 bits per heavy atom. The van der Waals surface area contributed by atoms with Gasteiger partial charge in [-0.15, -0.1) is 0 Å². The molecule has 1 fully saturated rings. The van der Waals surface area contributed by atoms with E-state index in [0.29, 0.717) is 0 Å². The fourth-order valence-corrected chi connectivity index (χ4v) is 4.53. The van der Waals surface area contributed by atoms with Crippen LogP contribution < -0.4 is 10.7 Å². The molecule has 4 rings (SSSR count). The number of thioether (sulfide) groups is 1. The summed E-state index contributed by atoms with van der Waals surface area (Å²) in [6.45, 7) is 3.73. The first-order valence-electron chi connectivity index (χ1n) is 8.83. The van der Waals surface area contributed by atoms with Crippen molar-refractivity contribution in [2.24, 2.45) is 0 Å². The van der Waals surface area contributed by atoms with Crippen molar-refractivity contribution in [1.29, 1.82) is 0 Å². The summed E-state index contributed by atoms with van der Waals surface area (Å²) in [7, 11) is 2.13. The van der Waals surface area contributed by atoms with Crippen molar-refractivity contribution in [3.05, 3.63) is 51.8 Å². The van der Waals surface area contributed by atoms with Crippen LogP contribution in [-0.4, -0.2) is 52.8 Å². The summed E-state index contributed by atoms with van der Waals surface area (Å²) < 4.78 is 1.86. The lowest BCUT2D eigenvalue weighted by Gasteiger charge is -2.35. The third-order valence-corrected chi connectivity index (χ3v) is 5.98. The number of hydrogen-bond acceptors (Lipinski definition) is 6. The van der Waals surface area contributed by atoms with Crippen LogP contribution in [0.4, 0.5) is 0 Å². The lowest BCUT2D eigenvalue weighted by Crippen LogP contribution is -2.54. The second-order valence-corrected chi connectivity index (χ2v) is 7.62. The van der Waals surface area contributed by atoms with Crippen molar-refractivity contribution in [3.8, 4) is 0 Å². The van der Waals surface area contributed by atoms with Gasteiger partial charge < -0.3 is 9.91 Å². The van der Waals surface area contributed by atoms with Crippen LogP contribution in [0.3, 0.4) is 0 Å². The topological polar surface area (TPSA) is 54.3 Å². The van der Waals surface area contributed by atoms with Crippen LogP contribution in [0, 0.1) is 0 Å². The highest BCUT2D eigenvalue weighted by atomic mass is 32.2. The summed E-state index contributed by atoms with van der Waals surface area (Å²) >= 11 is 1.64. The molecule has 25 heavy (non-hydrogen) atoms. The van der Waals surface area contributed by atoms with Crippen LogP contribution in [0.2, 0.25) is 0 Å². The number of hydrogen-bond donors (Lipinski definition) is 0. The van der Waals surface area contributed by atoms with Crippen LogP contribution in [0.5, 0.6) is 0 Å². The van der Waals surface area contributed by atoms with Gasteiger partial charge in [0.1, 0.15) is 5.03 Å². The zero-order chi connectivity index (χ0) is 17.2. The highest BCUT2D eigenvalue weighted by molar-refractivity contribution is 7.98. The number of likely N-dealkylation sites (N-methyl/N-ethyl adjacent to an activating group) is 1. The number of piperazine rings is 1. The van der Waals surface area contributed by atoms with E-state index in [9.17, 15) is 4.79 Å². The molecule has 7 heteroatoms. The monoisotopic (exact) mass is 357 g/mol. The number of nitrogens with zero attached hydrogens (tertiary/aromatic N) is 5. The Bertz CT molecular complexity index is 799. The van der Waals surface area contributed by atoms with Crippen molar-refractivity contribution >= 4 is 11.8 Å². The summed E-state index contributed by atoms with van der Waals surface area (Å²) in [5, 5.41) is 3.07. The Morgan fingerprint density at radius 3 is 2.76 bits per heavy atom. The molecule has 132 valence electrons. The van der Waals surface area contributed by atoms with Gasteiger partial charge in [0, 0.05) is 43.7 Å². The predicted octanol–water partition coefficient (Wildman–Crippen LogP) is 1.30. The highest BCUT2D eigenvalue weighted by Crippen LogP contribution is 2.30. The second kappa shape index (κ2) is 7.17. The molecule has 6 nitrogen and oxygen atoms in total. The molecule has 0 saturated carbocycles. The van der Waals surface area contributed by atoms with Crippen molar-refractivity contribution in [1.82, 2.24) is 19.5 Å². The minimum Gasteiger partial charge on any atom is -0.306 e. The lowest BCUT2D eigenvalue weighted by atomic mass is 10.3. The van der Waals surface area contributed by atoms with Gasteiger partial charge in [-0.3, -0.25) is 4.98 Å². The van der Waals surface area contributed by atoms with E-state index < -0.39 is 0 Å². The summed E-state index contributed by atoms with van der Waals surface area (Å²) in [6.07, 6.45) is 4.89. The maximum atomic E-state index is 12.8. The summed E-state index contributed by atoms with van der Waals surface area (Å²) in [5.74, 6) is 0.748. The molecule has 0 atom stereocenters. The van der Waals surface area contributed by atoms with Crippen LogP contribution in [-0.2, 0) is 18.6 Å². The molecule has 0 amide bonds. The average Bonchev–Trinajstić information content (AvgIpc) is 3.11. The SMILES string of the molecule is CN1CCN(n2c3c(c(SCc4ccccn4)nc2=O)CCC3)CC1. The average molecular weight is 357 g/mol. The maximum Gasteiger partial charge on any atom is 0.367 e. The molecule has 1 aliphatic carbocycles. The van der Waals surface area contributed by atoms with E-state index in [2.05, 4.69) is 26.9 Å². The van der Waals surface area contributed by atoms with Crippen molar-refractivity contribution in [3.63, 3.8) is 0 Å². The Hall–Kier alpha value is -1.86. The smallest absolute Gasteiger partial charge is 0.306 e. The van der Waals surface area contributed by atoms with Crippen LogP contribution in [0.15, 0.2) is 34.2 Å². The molecule has 3 heterocycles. The van der Waals surface area contributed by atoms with E-state index in [1.807, 2.05) is 22.9 Å². The number of aromatic nitrogens is 3. The zero-order valence-electron chi connectivity index (χ0n) is 14.5. The molecule has 1 aliphatic heterocycles. The van der Waals surface area contributed by atoms with E-state index in [4.69, 9.17) is 0 Å². The molecule has 0 spiro atoms. The van der Waals surface area contributed by atoms with Gasteiger partial charge in [0.2, 0.25) is 0 Å². The van der Waals surface area contributed by atoms with E-state index in [0.717, 1.165) is 61.9 Å². The van der Waals surface area contributed by atoms with Gasteiger partial charge in [0.25, 0.3) is 0 Å². The Labute approximate surface area is 151 Å². The normalized spacial score (nSPS) is 17.7. The number of pyridine rings is 1. The molecule has 0 N–H and O–H groups in total. The summed E-state index contributed by atoms with van der Waals surface area (Å²) in [5.41, 5.74) is 3.32.